The lowest BCUT2D eigenvalue weighted by Crippen LogP contribution is -2.20. The van der Waals surface area contributed by atoms with Crippen molar-refractivity contribution in [2.45, 2.75) is 32.6 Å². The number of piperidine rings is 1. The highest BCUT2D eigenvalue weighted by Gasteiger charge is 2.35. The van der Waals surface area contributed by atoms with Crippen molar-refractivity contribution in [2.24, 2.45) is 11.8 Å². The normalized spacial score (nSPS) is 35.6. The zero-order chi connectivity index (χ0) is 9.26. The minimum absolute atomic E-state index is 0.566. The summed E-state index contributed by atoms with van der Waals surface area (Å²) in [5, 5.41) is 11.2. The summed E-state index contributed by atoms with van der Waals surface area (Å²) in [7, 11) is 0. The average Bonchev–Trinajstić information content (AvgIpc) is 2.84. The Kier molecular flexibility index (Phi) is 2.38. The van der Waals surface area contributed by atoms with E-state index in [1.807, 2.05) is 0 Å². The molecule has 13 heavy (non-hydrogen) atoms. The SMILES string of the molecule is CC1C[C@H]1C(=N)/C=C1/CCCCN1. The third-order valence-electron chi connectivity index (χ3n) is 3.06. The molecule has 1 aliphatic carbocycles. The summed E-state index contributed by atoms with van der Waals surface area (Å²) in [6.07, 6.45) is 7.00. The third kappa shape index (κ3) is 2.11. The number of rotatable bonds is 2. The zero-order valence-electron chi connectivity index (χ0n) is 8.27. The highest BCUT2D eigenvalue weighted by atomic mass is 14.9. The van der Waals surface area contributed by atoms with Crippen LogP contribution >= 0.6 is 0 Å². The minimum Gasteiger partial charge on any atom is -0.388 e. The summed E-state index contributed by atoms with van der Waals surface area (Å²) < 4.78 is 0. The first-order chi connectivity index (χ1) is 6.27. The van der Waals surface area contributed by atoms with Gasteiger partial charge in [-0.1, -0.05) is 6.92 Å². The molecule has 1 aliphatic heterocycles. The molecule has 2 nitrogen and oxygen atoms in total. The smallest absolute Gasteiger partial charge is 0.0364 e. The monoisotopic (exact) mass is 178 g/mol. The van der Waals surface area contributed by atoms with Gasteiger partial charge in [-0.3, -0.25) is 0 Å². The molecule has 0 amide bonds. The molecule has 0 radical (unpaired) electrons. The zero-order valence-corrected chi connectivity index (χ0v) is 8.27. The summed E-state index contributed by atoms with van der Waals surface area (Å²) in [6, 6.07) is 0. The van der Waals surface area contributed by atoms with Crippen LogP contribution in [0.4, 0.5) is 0 Å². The molecule has 0 aromatic rings. The van der Waals surface area contributed by atoms with Crippen molar-refractivity contribution in [1.82, 2.24) is 5.32 Å². The van der Waals surface area contributed by atoms with E-state index in [1.165, 1.54) is 25.0 Å². The number of hydrogen-bond acceptors (Lipinski definition) is 2. The van der Waals surface area contributed by atoms with Gasteiger partial charge in [-0.05, 0) is 37.7 Å². The van der Waals surface area contributed by atoms with Crippen LogP contribution in [0.1, 0.15) is 32.6 Å². The van der Waals surface area contributed by atoms with Gasteiger partial charge in [0.05, 0.1) is 0 Å². The predicted molar refractivity (Wildman–Crippen MR) is 54.9 cm³/mol. The maximum absolute atomic E-state index is 7.86. The van der Waals surface area contributed by atoms with Gasteiger partial charge in [0.25, 0.3) is 0 Å². The van der Waals surface area contributed by atoms with E-state index in [0.717, 1.165) is 24.6 Å². The molecular formula is C11H18N2. The van der Waals surface area contributed by atoms with Gasteiger partial charge in [-0.15, -0.1) is 0 Å². The Labute approximate surface area is 79.9 Å². The lowest BCUT2D eigenvalue weighted by molar-refractivity contribution is 0.588. The van der Waals surface area contributed by atoms with E-state index in [-0.39, 0.29) is 0 Å². The van der Waals surface area contributed by atoms with E-state index in [9.17, 15) is 0 Å². The van der Waals surface area contributed by atoms with Crippen LogP contribution in [0, 0.1) is 17.2 Å². The molecule has 2 heteroatoms. The number of allylic oxidation sites excluding steroid dienone is 2. The van der Waals surface area contributed by atoms with Gasteiger partial charge < -0.3 is 10.7 Å². The number of nitrogens with one attached hydrogen (secondary N) is 2. The topological polar surface area (TPSA) is 35.9 Å². The van der Waals surface area contributed by atoms with Crippen molar-refractivity contribution in [2.75, 3.05) is 6.54 Å². The Morgan fingerprint density at radius 1 is 1.54 bits per heavy atom. The molecule has 1 saturated carbocycles. The molecule has 2 fully saturated rings. The largest absolute Gasteiger partial charge is 0.388 e. The first kappa shape index (κ1) is 8.79. The Hall–Kier alpha value is -0.790. The summed E-state index contributed by atoms with van der Waals surface area (Å²) >= 11 is 0. The van der Waals surface area contributed by atoms with E-state index in [0.29, 0.717) is 5.92 Å². The maximum Gasteiger partial charge on any atom is 0.0364 e. The summed E-state index contributed by atoms with van der Waals surface area (Å²) in [5.41, 5.74) is 2.13. The average molecular weight is 178 g/mol. The quantitative estimate of drug-likeness (QED) is 0.625. The van der Waals surface area contributed by atoms with Crippen LogP contribution in [0.2, 0.25) is 0 Å². The second-order valence-corrected chi connectivity index (χ2v) is 4.33. The number of hydrogen-bond donors (Lipinski definition) is 2. The molecule has 2 rings (SSSR count). The van der Waals surface area contributed by atoms with E-state index in [1.54, 1.807) is 0 Å². The fourth-order valence-corrected chi connectivity index (χ4v) is 1.95. The Bertz CT molecular complexity index is 234. The molecule has 1 unspecified atom stereocenters. The summed E-state index contributed by atoms with van der Waals surface area (Å²) in [5.74, 6) is 1.32. The highest BCUT2D eigenvalue weighted by Crippen LogP contribution is 2.39. The molecule has 2 aliphatic rings. The van der Waals surface area contributed by atoms with Crippen molar-refractivity contribution >= 4 is 5.71 Å². The van der Waals surface area contributed by atoms with Crippen LogP contribution < -0.4 is 5.32 Å². The Balaban J connectivity index is 1.90. The molecule has 1 saturated heterocycles. The second kappa shape index (κ2) is 3.52. The van der Waals surface area contributed by atoms with Gasteiger partial charge >= 0.3 is 0 Å². The van der Waals surface area contributed by atoms with Gasteiger partial charge in [-0.25, -0.2) is 0 Å². The molecule has 1 heterocycles. The molecular weight excluding hydrogens is 160 g/mol. The molecule has 2 N–H and O–H groups in total. The summed E-state index contributed by atoms with van der Waals surface area (Å²) in [6.45, 7) is 3.32. The Morgan fingerprint density at radius 3 is 2.85 bits per heavy atom. The standard InChI is InChI=1S/C11H18N2/c1-8-6-10(8)11(12)7-9-4-2-3-5-13-9/h7-8,10,12-13H,2-6H2,1H3/b9-7-,12-11?/t8?,10-/m1/s1. The van der Waals surface area contributed by atoms with Crippen LogP contribution in [0.15, 0.2) is 11.8 Å². The van der Waals surface area contributed by atoms with Crippen molar-refractivity contribution in [3.05, 3.63) is 11.8 Å². The van der Waals surface area contributed by atoms with Crippen molar-refractivity contribution in [3.63, 3.8) is 0 Å². The van der Waals surface area contributed by atoms with Crippen molar-refractivity contribution in [3.8, 4) is 0 Å². The van der Waals surface area contributed by atoms with Gasteiger partial charge in [0.1, 0.15) is 0 Å². The molecule has 72 valence electrons. The second-order valence-electron chi connectivity index (χ2n) is 4.33. The van der Waals surface area contributed by atoms with Crippen molar-refractivity contribution < 1.29 is 0 Å². The van der Waals surface area contributed by atoms with E-state index >= 15 is 0 Å². The maximum atomic E-state index is 7.86. The first-order valence-corrected chi connectivity index (χ1v) is 5.30. The van der Waals surface area contributed by atoms with Gasteiger partial charge in [-0.2, -0.15) is 0 Å². The van der Waals surface area contributed by atoms with Crippen LogP contribution in [-0.4, -0.2) is 12.3 Å². The van der Waals surface area contributed by atoms with E-state index < -0.39 is 0 Å². The first-order valence-electron chi connectivity index (χ1n) is 5.30. The fraction of sp³-hybridized carbons (Fsp3) is 0.727. The summed E-state index contributed by atoms with van der Waals surface area (Å²) in [4.78, 5) is 0. The highest BCUT2D eigenvalue weighted by molar-refractivity contribution is 5.96. The van der Waals surface area contributed by atoms with Crippen LogP contribution in [0.25, 0.3) is 0 Å². The molecule has 0 bridgehead atoms. The van der Waals surface area contributed by atoms with E-state index in [2.05, 4.69) is 18.3 Å². The molecule has 0 aromatic carbocycles. The van der Waals surface area contributed by atoms with Crippen molar-refractivity contribution in [1.29, 1.82) is 5.41 Å². The molecule has 0 spiro atoms. The third-order valence-corrected chi connectivity index (χ3v) is 3.06. The van der Waals surface area contributed by atoms with Crippen LogP contribution in [0.5, 0.6) is 0 Å². The van der Waals surface area contributed by atoms with Crippen LogP contribution in [0.3, 0.4) is 0 Å². The molecule has 0 aromatic heterocycles. The van der Waals surface area contributed by atoms with Crippen LogP contribution in [-0.2, 0) is 0 Å². The Morgan fingerprint density at radius 2 is 2.31 bits per heavy atom. The van der Waals surface area contributed by atoms with Gasteiger partial charge in [0, 0.05) is 23.9 Å². The predicted octanol–water partition coefficient (Wildman–Crippen LogP) is 2.32. The fourth-order valence-electron chi connectivity index (χ4n) is 1.95. The minimum atomic E-state index is 0.566. The van der Waals surface area contributed by atoms with Gasteiger partial charge in [0.15, 0.2) is 0 Å². The lowest BCUT2D eigenvalue weighted by atomic mass is 10.1. The molecule has 2 atom stereocenters. The van der Waals surface area contributed by atoms with Gasteiger partial charge in [0.2, 0.25) is 0 Å². The van der Waals surface area contributed by atoms with E-state index in [4.69, 9.17) is 5.41 Å². The lowest BCUT2D eigenvalue weighted by Gasteiger charge is -2.16.